The molecule has 0 bridgehead atoms. The maximum absolute atomic E-state index is 10.2. The van der Waals surface area contributed by atoms with E-state index >= 15 is 0 Å². The van der Waals surface area contributed by atoms with Gasteiger partial charge >= 0.3 is 0 Å². The summed E-state index contributed by atoms with van der Waals surface area (Å²) in [7, 11) is 0. The van der Waals surface area contributed by atoms with Crippen LogP contribution in [0.5, 0.6) is 0 Å². The zero-order chi connectivity index (χ0) is 13.8. The minimum atomic E-state index is -0.307. The van der Waals surface area contributed by atoms with Crippen LogP contribution in [0.25, 0.3) is 0 Å². The first-order chi connectivity index (χ1) is 9.77. The Labute approximate surface area is 122 Å². The third kappa shape index (κ3) is 3.24. The second-order valence-electron chi connectivity index (χ2n) is 6.76. The van der Waals surface area contributed by atoms with Gasteiger partial charge in [0.05, 0.1) is 6.10 Å². The Morgan fingerprint density at radius 3 is 2.30 bits per heavy atom. The zero-order valence-electron chi connectivity index (χ0n) is 12.4. The quantitative estimate of drug-likeness (QED) is 0.902. The van der Waals surface area contributed by atoms with Gasteiger partial charge < -0.3 is 10.0 Å². The van der Waals surface area contributed by atoms with Crippen LogP contribution in [-0.2, 0) is 0 Å². The van der Waals surface area contributed by atoms with Crippen molar-refractivity contribution in [2.45, 2.75) is 51.0 Å². The van der Waals surface area contributed by atoms with Crippen molar-refractivity contribution in [3.8, 4) is 0 Å². The Morgan fingerprint density at radius 1 is 1.00 bits per heavy atom. The summed E-state index contributed by atoms with van der Waals surface area (Å²) in [6, 6.07) is 10.1. The Morgan fingerprint density at radius 2 is 1.65 bits per heavy atom. The number of rotatable bonds is 4. The molecule has 0 amide bonds. The zero-order valence-corrected chi connectivity index (χ0v) is 12.4. The molecular weight excluding hydrogens is 246 g/mol. The van der Waals surface area contributed by atoms with Gasteiger partial charge in [0.2, 0.25) is 0 Å². The van der Waals surface area contributed by atoms with Crippen molar-refractivity contribution >= 4 is 0 Å². The first-order valence-electron chi connectivity index (χ1n) is 8.23. The van der Waals surface area contributed by atoms with E-state index in [1.165, 1.54) is 51.6 Å². The molecule has 110 valence electrons. The molecule has 2 aliphatic rings. The molecule has 1 saturated carbocycles. The van der Waals surface area contributed by atoms with Crippen molar-refractivity contribution in [2.75, 3.05) is 19.6 Å². The second kappa shape index (κ2) is 6.28. The van der Waals surface area contributed by atoms with E-state index < -0.39 is 0 Å². The monoisotopic (exact) mass is 273 g/mol. The van der Waals surface area contributed by atoms with Crippen LogP contribution in [0.2, 0.25) is 0 Å². The molecule has 1 saturated heterocycles. The van der Waals surface area contributed by atoms with Gasteiger partial charge in [-0.1, -0.05) is 43.2 Å². The molecule has 2 nitrogen and oxygen atoms in total. The number of aliphatic hydroxyl groups excluding tert-OH is 1. The number of benzene rings is 1. The van der Waals surface area contributed by atoms with Gasteiger partial charge in [-0.15, -0.1) is 0 Å². The van der Waals surface area contributed by atoms with E-state index in [1.807, 2.05) is 30.3 Å². The molecule has 1 aromatic carbocycles. The van der Waals surface area contributed by atoms with Crippen LogP contribution in [0.4, 0.5) is 0 Å². The average molecular weight is 273 g/mol. The van der Waals surface area contributed by atoms with Crippen molar-refractivity contribution in [3.63, 3.8) is 0 Å². The maximum Gasteiger partial charge on any atom is 0.0802 e. The van der Waals surface area contributed by atoms with Gasteiger partial charge in [-0.2, -0.15) is 0 Å². The second-order valence-corrected chi connectivity index (χ2v) is 6.76. The lowest BCUT2D eigenvalue weighted by molar-refractivity contribution is 0.0870. The van der Waals surface area contributed by atoms with Gasteiger partial charge in [0.1, 0.15) is 0 Å². The summed E-state index contributed by atoms with van der Waals surface area (Å²) in [6.07, 6.45) is 9.15. The number of nitrogens with zero attached hydrogens (tertiary/aromatic N) is 1. The lowest BCUT2D eigenvalue weighted by Gasteiger charge is -2.39. The summed E-state index contributed by atoms with van der Waals surface area (Å²) in [5.41, 5.74) is 1.76. The third-order valence-corrected chi connectivity index (χ3v) is 5.48. The van der Waals surface area contributed by atoms with E-state index in [-0.39, 0.29) is 6.10 Å². The van der Waals surface area contributed by atoms with E-state index in [9.17, 15) is 5.11 Å². The van der Waals surface area contributed by atoms with Crippen LogP contribution < -0.4 is 0 Å². The summed E-state index contributed by atoms with van der Waals surface area (Å²) in [5, 5.41) is 10.2. The number of piperidine rings is 1. The maximum atomic E-state index is 10.2. The van der Waals surface area contributed by atoms with E-state index in [0.29, 0.717) is 5.41 Å². The van der Waals surface area contributed by atoms with Gasteiger partial charge in [-0.3, -0.25) is 0 Å². The van der Waals surface area contributed by atoms with E-state index in [2.05, 4.69) is 4.90 Å². The Hall–Kier alpha value is -0.860. The summed E-state index contributed by atoms with van der Waals surface area (Å²) in [6.45, 7) is 3.51. The molecule has 0 aromatic heterocycles. The van der Waals surface area contributed by atoms with Crippen LogP contribution in [0.3, 0.4) is 0 Å². The van der Waals surface area contributed by atoms with E-state index in [4.69, 9.17) is 0 Å². The highest BCUT2D eigenvalue weighted by Gasteiger charge is 2.36. The normalized spacial score (nSPS) is 24.1. The highest BCUT2D eigenvalue weighted by Crippen LogP contribution is 2.46. The molecule has 2 heteroatoms. The molecule has 1 N–H and O–H groups in total. The van der Waals surface area contributed by atoms with Gasteiger partial charge in [-0.05, 0) is 56.2 Å². The van der Waals surface area contributed by atoms with Crippen molar-refractivity contribution in [3.05, 3.63) is 35.9 Å². The van der Waals surface area contributed by atoms with Crippen molar-refractivity contribution < 1.29 is 5.11 Å². The molecule has 0 radical (unpaired) electrons. The Bertz CT molecular complexity index is 401. The molecule has 1 aliphatic heterocycles. The van der Waals surface area contributed by atoms with Gasteiger partial charge in [0.25, 0.3) is 0 Å². The molecular formula is C18H27NO. The van der Waals surface area contributed by atoms with Crippen LogP contribution in [0.15, 0.2) is 30.3 Å². The average Bonchev–Trinajstić information content (AvgIpc) is 2.96. The highest BCUT2D eigenvalue weighted by molar-refractivity contribution is 5.17. The highest BCUT2D eigenvalue weighted by atomic mass is 16.3. The SMILES string of the molecule is OC(CCN1CCC2(CCCC2)CC1)c1ccccc1. The fraction of sp³-hybridized carbons (Fsp3) is 0.667. The van der Waals surface area contributed by atoms with Gasteiger partial charge in [-0.25, -0.2) is 0 Å². The minimum Gasteiger partial charge on any atom is -0.388 e. The van der Waals surface area contributed by atoms with E-state index in [1.54, 1.807) is 0 Å². The molecule has 20 heavy (non-hydrogen) atoms. The summed E-state index contributed by atoms with van der Waals surface area (Å²) < 4.78 is 0. The summed E-state index contributed by atoms with van der Waals surface area (Å²) in [5.74, 6) is 0. The number of likely N-dealkylation sites (tertiary alicyclic amines) is 1. The van der Waals surface area contributed by atoms with Gasteiger partial charge in [0, 0.05) is 6.54 Å². The summed E-state index contributed by atoms with van der Waals surface area (Å²) in [4.78, 5) is 2.55. The predicted molar refractivity (Wildman–Crippen MR) is 82.6 cm³/mol. The molecule has 1 spiro atoms. The molecule has 1 atom stereocenters. The van der Waals surface area contributed by atoms with Crippen LogP contribution in [-0.4, -0.2) is 29.6 Å². The molecule has 1 heterocycles. The summed E-state index contributed by atoms with van der Waals surface area (Å²) >= 11 is 0. The lowest BCUT2D eigenvalue weighted by atomic mass is 9.77. The molecule has 3 rings (SSSR count). The van der Waals surface area contributed by atoms with Gasteiger partial charge in [0.15, 0.2) is 0 Å². The van der Waals surface area contributed by atoms with Crippen LogP contribution >= 0.6 is 0 Å². The number of aliphatic hydroxyl groups is 1. The fourth-order valence-electron chi connectivity index (χ4n) is 4.02. The standard InChI is InChI=1S/C18H27NO/c20-17(16-6-2-1-3-7-16)8-13-19-14-11-18(12-15-19)9-4-5-10-18/h1-3,6-7,17,20H,4-5,8-15H2. The Kier molecular flexibility index (Phi) is 4.42. The van der Waals surface area contributed by atoms with Crippen LogP contribution in [0.1, 0.15) is 56.6 Å². The van der Waals surface area contributed by atoms with E-state index in [0.717, 1.165) is 18.5 Å². The third-order valence-electron chi connectivity index (χ3n) is 5.48. The smallest absolute Gasteiger partial charge is 0.0802 e. The lowest BCUT2D eigenvalue weighted by Crippen LogP contribution is -2.39. The van der Waals surface area contributed by atoms with Crippen molar-refractivity contribution in [1.29, 1.82) is 0 Å². The Balaban J connectivity index is 1.44. The molecule has 1 aromatic rings. The van der Waals surface area contributed by atoms with Crippen LogP contribution in [0, 0.1) is 5.41 Å². The van der Waals surface area contributed by atoms with Crippen molar-refractivity contribution in [2.24, 2.45) is 5.41 Å². The first-order valence-corrected chi connectivity index (χ1v) is 8.23. The topological polar surface area (TPSA) is 23.5 Å². The largest absolute Gasteiger partial charge is 0.388 e. The number of hydrogen-bond donors (Lipinski definition) is 1. The molecule has 1 unspecified atom stereocenters. The molecule has 1 aliphatic carbocycles. The first kappa shape index (κ1) is 14.1. The predicted octanol–water partition coefficient (Wildman–Crippen LogP) is 3.77. The molecule has 2 fully saturated rings. The minimum absolute atomic E-state index is 0.307. The fourth-order valence-corrected chi connectivity index (χ4v) is 4.02. The van der Waals surface area contributed by atoms with Crippen molar-refractivity contribution in [1.82, 2.24) is 4.90 Å². The number of hydrogen-bond acceptors (Lipinski definition) is 2.